The molecule has 1 saturated heterocycles. The Morgan fingerprint density at radius 1 is 1.40 bits per heavy atom. The standard InChI is InChI=1S/C12H15N3/c1-15-8-4-7-11(15)12-13-9-5-2-3-6-10(9)14-12/h2-3,5-6,11H,4,7-8H2,1H3,(H,13,14). The van der Waals surface area contributed by atoms with Crippen molar-refractivity contribution in [3.05, 3.63) is 30.1 Å². The molecule has 3 nitrogen and oxygen atoms in total. The second-order valence-electron chi connectivity index (χ2n) is 4.28. The molecule has 3 rings (SSSR count). The molecule has 1 aromatic carbocycles. The number of aromatic amines is 1. The van der Waals surface area contributed by atoms with Crippen LogP contribution in [0.15, 0.2) is 24.3 Å². The molecule has 0 spiro atoms. The van der Waals surface area contributed by atoms with Crippen LogP contribution in [0.2, 0.25) is 0 Å². The van der Waals surface area contributed by atoms with Gasteiger partial charge in [0, 0.05) is 0 Å². The molecule has 1 N–H and O–H groups in total. The second-order valence-corrected chi connectivity index (χ2v) is 4.28. The smallest absolute Gasteiger partial charge is 0.124 e. The first-order valence-corrected chi connectivity index (χ1v) is 5.49. The van der Waals surface area contributed by atoms with Crippen molar-refractivity contribution in [3.8, 4) is 0 Å². The molecule has 0 amide bonds. The monoisotopic (exact) mass is 201 g/mol. The van der Waals surface area contributed by atoms with Gasteiger partial charge in [-0.25, -0.2) is 4.98 Å². The van der Waals surface area contributed by atoms with Crippen LogP contribution in [-0.2, 0) is 0 Å². The van der Waals surface area contributed by atoms with Crippen LogP contribution in [0.3, 0.4) is 0 Å². The molecule has 1 atom stereocenters. The van der Waals surface area contributed by atoms with Crippen molar-refractivity contribution in [1.29, 1.82) is 0 Å². The molecule has 3 heteroatoms. The molecule has 1 aromatic heterocycles. The van der Waals surface area contributed by atoms with Gasteiger partial charge in [0.1, 0.15) is 5.82 Å². The third kappa shape index (κ3) is 1.43. The molecule has 1 unspecified atom stereocenters. The molecule has 0 saturated carbocycles. The van der Waals surface area contributed by atoms with Crippen LogP contribution in [0.5, 0.6) is 0 Å². The summed E-state index contributed by atoms with van der Waals surface area (Å²) in [5.74, 6) is 1.12. The van der Waals surface area contributed by atoms with E-state index < -0.39 is 0 Å². The van der Waals surface area contributed by atoms with Crippen molar-refractivity contribution >= 4 is 11.0 Å². The summed E-state index contributed by atoms with van der Waals surface area (Å²) in [6.07, 6.45) is 2.49. The molecule has 0 aliphatic carbocycles. The predicted octanol–water partition coefficient (Wildman–Crippen LogP) is 2.33. The fraction of sp³-hybridized carbons (Fsp3) is 0.417. The van der Waals surface area contributed by atoms with Crippen LogP contribution < -0.4 is 0 Å². The number of likely N-dealkylation sites (tertiary alicyclic amines) is 1. The number of aromatic nitrogens is 2. The van der Waals surface area contributed by atoms with Crippen molar-refractivity contribution in [2.24, 2.45) is 0 Å². The number of hydrogen-bond acceptors (Lipinski definition) is 2. The minimum atomic E-state index is 0.484. The number of imidazole rings is 1. The first-order chi connectivity index (χ1) is 7.34. The summed E-state index contributed by atoms with van der Waals surface area (Å²) in [7, 11) is 2.17. The van der Waals surface area contributed by atoms with E-state index in [1.54, 1.807) is 0 Å². The maximum absolute atomic E-state index is 4.65. The van der Waals surface area contributed by atoms with E-state index in [4.69, 9.17) is 0 Å². The third-order valence-corrected chi connectivity index (χ3v) is 3.24. The van der Waals surface area contributed by atoms with Crippen LogP contribution >= 0.6 is 0 Å². The number of fused-ring (bicyclic) bond motifs is 1. The third-order valence-electron chi connectivity index (χ3n) is 3.24. The summed E-state index contributed by atoms with van der Waals surface area (Å²) in [5.41, 5.74) is 2.22. The molecule has 15 heavy (non-hydrogen) atoms. The highest BCUT2D eigenvalue weighted by Gasteiger charge is 2.24. The van der Waals surface area contributed by atoms with E-state index in [1.807, 2.05) is 12.1 Å². The van der Waals surface area contributed by atoms with E-state index in [0.717, 1.165) is 16.9 Å². The van der Waals surface area contributed by atoms with Gasteiger partial charge in [0.05, 0.1) is 17.1 Å². The number of nitrogens with one attached hydrogen (secondary N) is 1. The highest BCUT2D eigenvalue weighted by Crippen LogP contribution is 2.29. The van der Waals surface area contributed by atoms with Crippen LogP contribution in [0, 0.1) is 0 Å². The van der Waals surface area contributed by atoms with Crippen LogP contribution in [0.25, 0.3) is 11.0 Å². The quantitative estimate of drug-likeness (QED) is 0.768. The number of H-pyrrole nitrogens is 1. The summed E-state index contributed by atoms with van der Waals surface area (Å²) >= 11 is 0. The lowest BCUT2D eigenvalue weighted by atomic mass is 10.2. The SMILES string of the molecule is CN1CCCC1c1nc2ccccc2[nH]1. The molecule has 0 radical (unpaired) electrons. The van der Waals surface area contributed by atoms with E-state index in [2.05, 4.69) is 34.0 Å². The topological polar surface area (TPSA) is 31.9 Å². The number of nitrogens with zero attached hydrogens (tertiary/aromatic N) is 2. The van der Waals surface area contributed by atoms with E-state index in [1.165, 1.54) is 19.4 Å². The van der Waals surface area contributed by atoms with Crippen LogP contribution in [0.4, 0.5) is 0 Å². The lowest BCUT2D eigenvalue weighted by Crippen LogP contribution is -2.18. The highest BCUT2D eigenvalue weighted by atomic mass is 15.2. The Hall–Kier alpha value is -1.35. The number of para-hydroxylation sites is 2. The Morgan fingerprint density at radius 2 is 2.27 bits per heavy atom. The molecule has 1 fully saturated rings. The second kappa shape index (κ2) is 3.35. The van der Waals surface area contributed by atoms with Crippen molar-refractivity contribution in [1.82, 2.24) is 14.9 Å². The van der Waals surface area contributed by atoms with E-state index in [-0.39, 0.29) is 0 Å². The lowest BCUT2D eigenvalue weighted by molar-refractivity contribution is 0.307. The molecule has 1 aliphatic rings. The summed E-state index contributed by atoms with van der Waals surface area (Å²) in [6, 6.07) is 8.70. The average Bonchev–Trinajstić information content (AvgIpc) is 2.82. The largest absolute Gasteiger partial charge is 0.341 e. The zero-order valence-electron chi connectivity index (χ0n) is 8.90. The Kier molecular flexibility index (Phi) is 1.99. The van der Waals surface area contributed by atoms with Crippen LogP contribution in [0.1, 0.15) is 24.7 Å². The Bertz CT molecular complexity index is 441. The van der Waals surface area contributed by atoms with Gasteiger partial charge in [-0.15, -0.1) is 0 Å². The van der Waals surface area contributed by atoms with Crippen LogP contribution in [-0.4, -0.2) is 28.5 Å². The maximum atomic E-state index is 4.65. The minimum Gasteiger partial charge on any atom is -0.341 e. The zero-order chi connectivity index (χ0) is 10.3. The lowest BCUT2D eigenvalue weighted by Gasteiger charge is -2.16. The number of hydrogen-bond donors (Lipinski definition) is 1. The summed E-state index contributed by atoms with van der Waals surface area (Å²) < 4.78 is 0. The van der Waals surface area contributed by atoms with Crippen molar-refractivity contribution in [2.75, 3.05) is 13.6 Å². The van der Waals surface area contributed by atoms with Gasteiger partial charge in [-0.2, -0.15) is 0 Å². The minimum absolute atomic E-state index is 0.484. The van der Waals surface area contributed by atoms with Gasteiger partial charge in [-0.3, -0.25) is 4.90 Å². The normalized spacial score (nSPS) is 22.6. The van der Waals surface area contributed by atoms with E-state index in [9.17, 15) is 0 Å². The molecule has 2 heterocycles. The van der Waals surface area contributed by atoms with Gasteiger partial charge in [-0.1, -0.05) is 12.1 Å². The van der Waals surface area contributed by atoms with Crippen molar-refractivity contribution in [2.45, 2.75) is 18.9 Å². The van der Waals surface area contributed by atoms with Gasteiger partial charge in [0.25, 0.3) is 0 Å². The molecular weight excluding hydrogens is 186 g/mol. The van der Waals surface area contributed by atoms with Gasteiger partial charge >= 0.3 is 0 Å². The summed E-state index contributed by atoms with van der Waals surface area (Å²) in [6.45, 7) is 1.18. The fourth-order valence-corrected chi connectivity index (χ4v) is 2.39. The summed E-state index contributed by atoms with van der Waals surface area (Å²) in [4.78, 5) is 10.4. The first kappa shape index (κ1) is 8.92. The van der Waals surface area contributed by atoms with Gasteiger partial charge in [-0.05, 0) is 38.6 Å². The zero-order valence-corrected chi connectivity index (χ0v) is 8.90. The van der Waals surface area contributed by atoms with Gasteiger partial charge in [0.15, 0.2) is 0 Å². The molecule has 78 valence electrons. The summed E-state index contributed by atoms with van der Waals surface area (Å²) in [5, 5.41) is 0. The highest BCUT2D eigenvalue weighted by molar-refractivity contribution is 5.74. The van der Waals surface area contributed by atoms with E-state index >= 15 is 0 Å². The predicted molar refractivity (Wildman–Crippen MR) is 60.7 cm³/mol. The molecular formula is C12H15N3. The number of benzene rings is 1. The Balaban J connectivity index is 2.04. The van der Waals surface area contributed by atoms with Crippen molar-refractivity contribution in [3.63, 3.8) is 0 Å². The van der Waals surface area contributed by atoms with Gasteiger partial charge in [0.2, 0.25) is 0 Å². The van der Waals surface area contributed by atoms with Gasteiger partial charge < -0.3 is 4.98 Å². The fourth-order valence-electron chi connectivity index (χ4n) is 2.39. The van der Waals surface area contributed by atoms with E-state index in [0.29, 0.717) is 6.04 Å². The molecule has 1 aliphatic heterocycles. The molecule has 0 bridgehead atoms. The Morgan fingerprint density at radius 3 is 3.00 bits per heavy atom. The number of rotatable bonds is 1. The molecule has 2 aromatic rings. The van der Waals surface area contributed by atoms with Crippen molar-refractivity contribution < 1.29 is 0 Å². The average molecular weight is 201 g/mol. The maximum Gasteiger partial charge on any atom is 0.124 e. The first-order valence-electron chi connectivity index (χ1n) is 5.49. The Labute approximate surface area is 89.1 Å².